The molecule has 0 bridgehead atoms. The fourth-order valence-electron chi connectivity index (χ4n) is 4.08. The number of hydrogen-bond donors (Lipinski definition) is 3. The van der Waals surface area contributed by atoms with Crippen molar-refractivity contribution in [2.24, 2.45) is 11.8 Å². The van der Waals surface area contributed by atoms with E-state index in [4.69, 9.17) is 0 Å². The molecule has 1 saturated heterocycles. The Kier molecular flexibility index (Phi) is 6.03. The second-order valence-corrected chi connectivity index (χ2v) is 8.38. The third kappa shape index (κ3) is 4.19. The lowest BCUT2D eigenvalue weighted by Crippen LogP contribution is -2.52. The quantitative estimate of drug-likeness (QED) is 0.655. The van der Waals surface area contributed by atoms with Crippen LogP contribution >= 0.6 is 0 Å². The smallest absolute Gasteiger partial charge is 0.322 e. The van der Waals surface area contributed by atoms with Crippen LogP contribution in [0, 0.1) is 11.8 Å². The Balaban J connectivity index is 1.58. The number of benzene rings is 1. The number of carbonyl (C=O) groups excluding carboxylic acids is 3. The summed E-state index contributed by atoms with van der Waals surface area (Å²) in [6.45, 7) is 6.32. The number of rotatable bonds is 6. The number of carbonyl (C=O) groups is 3. The molecule has 0 radical (unpaired) electrons. The topological polar surface area (TPSA) is 90.5 Å². The van der Waals surface area contributed by atoms with Crippen LogP contribution in [0.25, 0.3) is 0 Å². The lowest BCUT2D eigenvalue weighted by Gasteiger charge is -2.33. The van der Waals surface area contributed by atoms with Crippen molar-refractivity contribution in [3.8, 4) is 0 Å². The fourth-order valence-corrected chi connectivity index (χ4v) is 4.08. The maximum atomic E-state index is 12.8. The normalized spacial score (nSPS) is 25.9. The minimum absolute atomic E-state index is 0.00114. The number of amides is 4. The van der Waals surface area contributed by atoms with Crippen molar-refractivity contribution in [3.63, 3.8) is 0 Å². The first-order valence-electron chi connectivity index (χ1n) is 10.1. The summed E-state index contributed by atoms with van der Waals surface area (Å²) in [5.41, 5.74) is 2.72. The van der Waals surface area contributed by atoms with Gasteiger partial charge >= 0.3 is 6.03 Å². The van der Waals surface area contributed by atoms with Gasteiger partial charge in [0.2, 0.25) is 0 Å². The minimum Gasteiger partial charge on any atom is -0.322 e. The molecule has 0 aromatic heterocycles. The SMILES string of the molecule is CC1CCC2(CC1)NC(=O)N(NC(=O)CN[C@H](c1ccccc1)C(C)C)C2=O. The van der Waals surface area contributed by atoms with E-state index in [-0.39, 0.29) is 24.4 Å². The summed E-state index contributed by atoms with van der Waals surface area (Å²) < 4.78 is 0. The Labute approximate surface area is 166 Å². The molecule has 2 fully saturated rings. The summed E-state index contributed by atoms with van der Waals surface area (Å²) in [6, 6.07) is 9.36. The Morgan fingerprint density at radius 1 is 1.21 bits per heavy atom. The van der Waals surface area contributed by atoms with Gasteiger partial charge in [-0.2, -0.15) is 5.01 Å². The average molecular weight is 386 g/mol. The van der Waals surface area contributed by atoms with E-state index in [2.05, 4.69) is 36.8 Å². The minimum atomic E-state index is -0.852. The molecule has 7 nitrogen and oxygen atoms in total. The molecule has 2 aliphatic rings. The molecule has 4 amide bonds. The highest BCUT2D eigenvalue weighted by atomic mass is 16.2. The molecule has 1 aromatic rings. The van der Waals surface area contributed by atoms with Crippen molar-refractivity contribution in [1.82, 2.24) is 21.1 Å². The highest BCUT2D eigenvalue weighted by Crippen LogP contribution is 2.35. The lowest BCUT2D eigenvalue weighted by molar-refractivity contribution is -0.139. The second-order valence-electron chi connectivity index (χ2n) is 8.38. The van der Waals surface area contributed by atoms with E-state index in [0.29, 0.717) is 18.8 Å². The summed E-state index contributed by atoms with van der Waals surface area (Å²) in [5, 5.41) is 6.89. The molecule has 1 aliphatic carbocycles. The van der Waals surface area contributed by atoms with Gasteiger partial charge in [-0.05, 0) is 43.1 Å². The van der Waals surface area contributed by atoms with Crippen molar-refractivity contribution in [3.05, 3.63) is 35.9 Å². The largest absolute Gasteiger partial charge is 0.344 e. The summed E-state index contributed by atoms with van der Waals surface area (Å²) in [7, 11) is 0. The van der Waals surface area contributed by atoms with E-state index < -0.39 is 17.5 Å². The molecule has 3 N–H and O–H groups in total. The van der Waals surface area contributed by atoms with E-state index in [1.807, 2.05) is 30.3 Å². The Bertz CT molecular complexity index is 726. The predicted molar refractivity (Wildman–Crippen MR) is 106 cm³/mol. The monoisotopic (exact) mass is 386 g/mol. The third-order valence-corrected chi connectivity index (χ3v) is 5.83. The molecule has 3 rings (SSSR count). The van der Waals surface area contributed by atoms with Gasteiger partial charge in [0, 0.05) is 6.04 Å². The molecule has 0 unspecified atom stereocenters. The average Bonchev–Trinajstić information content (AvgIpc) is 2.89. The van der Waals surface area contributed by atoms with Gasteiger partial charge in [-0.25, -0.2) is 4.79 Å². The maximum Gasteiger partial charge on any atom is 0.344 e. The number of hydrogen-bond acceptors (Lipinski definition) is 4. The standard InChI is InChI=1S/C21H30N4O3/c1-14(2)18(16-7-5-4-6-8-16)22-13-17(26)24-25-19(27)21(23-20(25)28)11-9-15(3)10-12-21/h4-8,14-15,18,22H,9-13H2,1-3H3,(H,23,28)(H,24,26)/t15?,18-,21?/m0/s1. The molecule has 28 heavy (non-hydrogen) atoms. The molecule has 152 valence electrons. The van der Waals surface area contributed by atoms with Crippen LogP contribution in [0.3, 0.4) is 0 Å². The van der Waals surface area contributed by atoms with Crippen molar-refractivity contribution in [2.45, 2.75) is 58.0 Å². The zero-order chi connectivity index (χ0) is 20.3. The fraction of sp³-hybridized carbons (Fsp3) is 0.571. The number of urea groups is 1. The van der Waals surface area contributed by atoms with Crippen molar-refractivity contribution < 1.29 is 14.4 Å². The van der Waals surface area contributed by atoms with Crippen LogP contribution in [0.2, 0.25) is 0 Å². The van der Waals surface area contributed by atoms with Crippen LogP contribution in [0.1, 0.15) is 58.1 Å². The second kappa shape index (κ2) is 8.31. The Morgan fingerprint density at radius 2 is 1.86 bits per heavy atom. The van der Waals surface area contributed by atoms with E-state index in [1.54, 1.807) is 0 Å². The zero-order valence-electron chi connectivity index (χ0n) is 16.8. The van der Waals surface area contributed by atoms with Crippen LogP contribution in [0.4, 0.5) is 4.79 Å². The van der Waals surface area contributed by atoms with Gasteiger partial charge in [-0.1, -0.05) is 51.1 Å². The maximum absolute atomic E-state index is 12.8. The van der Waals surface area contributed by atoms with Gasteiger partial charge in [0.25, 0.3) is 11.8 Å². The molecule has 7 heteroatoms. The number of hydrazine groups is 1. The molecule has 1 atom stereocenters. The summed E-state index contributed by atoms with van der Waals surface area (Å²) in [5.74, 6) is 0.0704. The molecular formula is C21H30N4O3. The highest BCUT2D eigenvalue weighted by molar-refractivity contribution is 6.08. The van der Waals surface area contributed by atoms with Crippen LogP contribution in [-0.2, 0) is 9.59 Å². The molecule has 1 aromatic carbocycles. The van der Waals surface area contributed by atoms with Crippen LogP contribution in [0.15, 0.2) is 30.3 Å². The number of nitrogens with one attached hydrogen (secondary N) is 3. The lowest BCUT2D eigenvalue weighted by atomic mass is 9.77. The van der Waals surface area contributed by atoms with Gasteiger partial charge in [0.05, 0.1) is 6.54 Å². The number of imide groups is 1. The molecule has 1 heterocycles. The van der Waals surface area contributed by atoms with E-state index in [1.165, 1.54) is 0 Å². The van der Waals surface area contributed by atoms with Crippen LogP contribution in [0.5, 0.6) is 0 Å². The molecule has 1 spiro atoms. The predicted octanol–water partition coefficient (Wildman–Crippen LogP) is 2.51. The van der Waals surface area contributed by atoms with E-state index in [9.17, 15) is 14.4 Å². The van der Waals surface area contributed by atoms with E-state index >= 15 is 0 Å². The highest BCUT2D eigenvalue weighted by Gasteiger charge is 2.52. The first-order chi connectivity index (χ1) is 13.3. The third-order valence-electron chi connectivity index (χ3n) is 5.83. The van der Waals surface area contributed by atoms with Gasteiger partial charge in [-0.15, -0.1) is 0 Å². The summed E-state index contributed by atoms with van der Waals surface area (Å²) in [4.78, 5) is 37.5. The van der Waals surface area contributed by atoms with Crippen molar-refractivity contribution in [1.29, 1.82) is 0 Å². The first kappa shape index (κ1) is 20.3. The summed E-state index contributed by atoms with van der Waals surface area (Å²) in [6.07, 6.45) is 3.02. The van der Waals surface area contributed by atoms with Gasteiger partial charge in [0.15, 0.2) is 0 Å². The van der Waals surface area contributed by atoms with Crippen molar-refractivity contribution in [2.75, 3.05) is 6.54 Å². The molecule has 1 aliphatic heterocycles. The molecular weight excluding hydrogens is 356 g/mol. The zero-order valence-corrected chi connectivity index (χ0v) is 16.8. The Hall–Kier alpha value is -2.41. The van der Waals surface area contributed by atoms with Crippen LogP contribution < -0.4 is 16.1 Å². The van der Waals surface area contributed by atoms with Crippen LogP contribution in [-0.4, -0.2) is 34.9 Å². The molecule has 1 saturated carbocycles. The van der Waals surface area contributed by atoms with Gasteiger partial charge in [-0.3, -0.25) is 15.0 Å². The number of nitrogens with zero attached hydrogens (tertiary/aromatic N) is 1. The van der Waals surface area contributed by atoms with Crippen molar-refractivity contribution >= 4 is 17.8 Å². The first-order valence-corrected chi connectivity index (χ1v) is 10.1. The summed E-state index contributed by atoms with van der Waals surface area (Å²) >= 11 is 0. The van der Waals surface area contributed by atoms with E-state index in [0.717, 1.165) is 23.4 Å². The Morgan fingerprint density at radius 3 is 2.46 bits per heavy atom. The van der Waals surface area contributed by atoms with Gasteiger partial charge in [0.1, 0.15) is 5.54 Å². The van der Waals surface area contributed by atoms with Gasteiger partial charge < -0.3 is 10.6 Å².